The fourth-order valence-corrected chi connectivity index (χ4v) is 2.42. The molecule has 4 heteroatoms. The minimum Gasteiger partial charge on any atom is -0.334 e. The van der Waals surface area contributed by atoms with Crippen LogP contribution in [-0.2, 0) is 11.3 Å². The molecule has 0 aliphatic heterocycles. The second-order valence-corrected chi connectivity index (χ2v) is 5.34. The zero-order valence-corrected chi connectivity index (χ0v) is 11.6. The summed E-state index contributed by atoms with van der Waals surface area (Å²) in [4.78, 5) is 14.7. The smallest absolute Gasteiger partial charge is 0.247 e. The van der Waals surface area contributed by atoms with Crippen LogP contribution in [0, 0.1) is 0 Å². The summed E-state index contributed by atoms with van der Waals surface area (Å²) in [5.74, 6) is 0.153. The Bertz CT molecular complexity index is 561. The molecule has 0 N–H and O–H groups in total. The number of hydrogen-bond acceptors (Lipinski definition) is 2. The van der Waals surface area contributed by atoms with E-state index in [0.29, 0.717) is 12.6 Å². The van der Waals surface area contributed by atoms with E-state index in [1.165, 1.54) is 5.56 Å². The van der Waals surface area contributed by atoms with E-state index in [0.717, 1.165) is 12.8 Å². The predicted octanol–water partition coefficient (Wildman–Crippen LogP) is 2.64. The quantitative estimate of drug-likeness (QED) is 0.837. The van der Waals surface area contributed by atoms with Crippen LogP contribution < -0.4 is 0 Å². The van der Waals surface area contributed by atoms with E-state index in [-0.39, 0.29) is 11.9 Å². The van der Waals surface area contributed by atoms with Crippen molar-refractivity contribution in [2.24, 2.45) is 0 Å². The van der Waals surface area contributed by atoms with Gasteiger partial charge >= 0.3 is 0 Å². The minimum absolute atomic E-state index is 0.153. The minimum atomic E-state index is -0.241. The molecule has 1 aliphatic carbocycles. The van der Waals surface area contributed by atoms with Crippen molar-refractivity contribution in [2.75, 3.05) is 0 Å². The Balaban J connectivity index is 1.75. The van der Waals surface area contributed by atoms with E-state index < -0.39 is 0 Å². The van der Waals surface area contributed by atoms with Gasteiger partial charge in [0.15, 0.2) is 0 Å². The molecule has 3 rings (SSSR count). The summed E-state index contributed by atoms with van der Waals surface area (Å²) in [6.45, 7) is 2.60. The monoisotopic (exact) mass is 269 g/mol. The Kier molecular flexibility index (Phi) is 3.54. The van der Waals surface area contributed by atoms with Crippen LogP contribution in [-0.4, -0.2) is 26.6 Å². The fourth-order valence-electron chi connectivity index (χ4n) is 2.42. The number of carbonyl (C=O) groups excluding carboxylic acids is 1. The lowest BCUT2D eigenvalue weighted by Gasteiger charge is -2.26. The van der Waals surface area contributed by atoms with Crippen LogP contribution >= 0.6 is 0 Å². The molecule has 0 bridgehead atoms. The van der Waals surface area contributed by atoms with Crippen molar-refractivity contribution in [3.05, 3.63) is 54.4 Å². The molecule has 1 aromatic heterocycles. The first kappa shape index (κ1) is 12.9. The van der Waals surface area contributed by atoms with Crippen LogP contribution in [0.4, 0.5) is 0 Å². The molecule has 0 spiro atoms. The van der Waals surface area contributed by atoms with Crippen molar-refractivity contribution in [3.8, 4) is 0 Å². The largest absolute Gasteiger partial charge is 0.334 e. The molecule has 1 fully saturated rings. The number of carbonyl (C=O) groups is 1. The summed E-state index contributed by atoms with van der Waals surface area (Å²) in [6.07, 6.45) is 5.79. The Labute approximate surface area is 119 Å². The van der Waals surface area contributed by atoms with Crippen LogP contribution in [0.1, 0.15) is 31.4 Å². The van der Waals surface area contributed by atoms with Gasteiger partial charge in [0.25, 0.3) is 0 Å². The van der Waals surface area contributed by atoms with Crippen molar-refractivity contribution >= 4 is 5.91 Å². The highest BCUT2D eigenvalue weighted by molar-refractivity contribution is 5.80. The topological polar surface area (TPSA) is 38.1 Å². The lowest BCUT2D eigenvalue weighted by atomic mass is 10.2. The average molecular weight is 269 g/mol. The van der Waals surface area contributed by atoms with Gasteiger partial charge in [-0.1, -0.05) is 30.3 Å². The van der Waals surface area contributed by atoms with Crippen molar-refractivity contribution in [2.45, 2.75) is 38.4 Å². The van der Waals surface area contributed by atoms with Crippen LogP contribution in [0.5, 0.6) is 0 Å². The molecule has 2 aromatic rings. The maximum absolute atomic E-state index is 12.7. The van der Waals surface area contributed by atoms with Gasteiger partial charge in [0, 0.05) is 25.0 Å². The van der Waals surface area contributed by atoms with Crippen LogP contribution in [0.2, 0.25) is 0 Å². The highest BCUT2D eigenvalue weighted by Gasteiger charge is 2.35. The van der Waals surface area contributed by atoms with Gasteiger partial charge in [-0.25, -0.2) is 0 Å². The lowest BCUT2D eigenvalue weighted by Crippen LogP contribution is -2.37. The summed E-state index contributed by atoms with van der Waals surface area (Å²) in [6, 6.07) is 12.2. The molecule has 4 nitrogen and oxygen atoms in total. The first-order valence-electron chi connectivity index (χ1n) is 7.09. The first-order chi connectivity index (χ1) is 9.75. The zero-order chi connectivity index (χ0) is 13.9. The molecule has 1 aliphatic rings. The first-order valence-corrected chi connectivity index (χ1v) is 7.09. The highest BCUT2D eigenvalue weighted by atomic mass is 16.2. The van der Waals surface area contributed by atoms with Gasteiger partial charge in [-0.15, -0.1) is 0 Å². The van der Waals surface area contributed by atoms with E-state index in [1.54, 1.807) is 10.9 Å². The van der Waals surface area contributed by atoms with Crippen molar-refractivity contribution in [1.29, 1.82) is 0 Å². The maximum Gasteiger partial charge on any atom is 0.247 e. The Morgan fingerprint density at radius 2 is 2.10 bits per heavy atom. The third-order valence-electron chi connectivity index (χ3n) is 3.75. The highest BCUT2D eigenvalue weighted by Crippen LogP contribution is 2.30. The third kappa shape index (κ3) is 2.74. The second kappa shape index (κ2) is 5.49. The molecule has 1 aromatic carbocycles. The Hall–Kier alpha value is -2.10. The van der Waals surface area contributed by atoms with Gasteiger partial charge < -0.3 is 4.90 Å². The lowest BCUT2D eigenvalue weighted by molar-refractivity contribution is -0.135. The number of aromatic nitrogens is 2. The van der Waals surface area contributed by atoms with Crippen molar-refractivity contribution in [1.82, 2.24) is 14.7 Å². The fraction of sp³-hybridized carbons (Fsp3) is 0.375. The van der Waals surface area contributed by atoms with Crippen LogP contribution in [0.25, 0.3) is 0 Å². The molecular weight excluding hydrogens is 250 g/mol. The molecule has 1 atom stereocenters. The summed E-state index contributed by atoms with van der Waals surface area (Å²) in [7, 11) is 0. The van der Waals surface area contributed by atoms with E-state index in [2.05, 4.69) is 17.2 Å². The number of benzene rings is 1. The Morgan fingerprint density at radius 1 is 1.35 bits per heavy atom. The molecule has 20 heavy (non-hydrogen) atoms. The predicted molar refractivity (Wildman–Crippen MR) is 77.0 cm³/mol. The number of nitrogens with zero attached hydrogens (tertiary/aromatic N) is 3. The average Bonchev–Trinajstić information content (AvgIpc) is 3.18. The van der Waals surface area contributed by atoms with Gasteiger partial charge in [-0.2, -0.15) is 5.10 Å². The van der Waals surface area contributed by atoms with E-state index in [1.807, 2.05) is 42.3 Å². The van der Waals surface area contributed by atoms with E-state index >= 15 is 0 Å². The summed E-state index contributed by atoms with van der Waals surface area (Å²) in [5.41, 5.74) is 1.18. The van der Waals surface area contributed by atoms with E-state index in [4.69, 9.17) is 0 Å². The number of rotatable bonds is 5. The molecule has 1 unspecified atom stereocenters. The van der Waals surface area contributed by atoms with Gasteiger partial charge in [0.2, 0.25) is 5.91 Å². The molecular formula is C16H19N3O. The SMILES string of the molecule is CC(C(=O)N(Cc1ccccc1)C1CC1)n1cccn1. The summed E-state index contributed by atoms with van der Waals surface area (Å²) < 4.78 is 1.72. The molecule has 1 saturated carbocycles. The maximum atomic E-state index is 12.7. The van der Waals surface area contributed by atoms with Gasteiger partial charge in [0.05, 0.1) is 0 Å². The number of hydrogen-bond donors (Lipinski definition) is 0. The summed E-state index contributed by atoms with van der Waals surface area (Å²) >= 11 is 0. The molecule has 1 amide bonds. The van der Waals surface area contributed by atoms with E-state index in [9.17, 15) is 4.79 Å². The molecule has 0 saturated heterocycles. The standard InChI is InChI=1S/C16H19N3O/c1-13(19-11-5-10-17-19)16(20)18(15-8-9-15)12-14-6-3-2-4-7-14/h2-7,10-11,13,15H,8-9,12H2,1H3. The second-order valence-electron chi connectivity index (χ2n) is 5.34. The van der Waals surface area contributed by atoms with Gasteiger partial charge in [-0.3, -0.25) is 9.48 Å². The number of amides is 1. The zero-order valence-electron chi connectivity index (χ0n) is 11.6. The van der Waals surface area contributed by atoms with Crippen LogP contribution in [0.15, 0.2) is 48.8 Å². The third-order valence-corrected chi connectivity index (χ3v) is 3.75. The normalized spacial score (nSPS) is 15.8. The van der Waals surface area contributed by atoms with Crippen molar-refractivity contribution < 1.29 is 4.79 Å². The molecule has 104 valence electrons. The van der Waals surface area contributed by atoms with Gasteiger partial charge in [0.1, 0.15) is 6.04 Å². The molecule has 1 heterocycles. The Morgan fingerprint density at radius 3 is 2.70 bits per heavy atom. The van der Waals surface area contributed by atoms with Crippen molar-refractivity contribution in [3.63, 3.8) is 0 Å². The van der Waals surface area contributed by atoms with Gasteiger partial charge in [-0.05, 0) is 31.4 Å². The molecule has 0 radical (unpaired) electrons. The van der Waals surface area contributed by atoms with Crippen LogP contribution in [0.3, 0.4) is 0 Å². The summed E-state index contributed by atoms with van der Waals surface area (Å²) in [5, 5.41) is 4.18.